The summed E-state index contributed by atoms with van der Waals surface area (Å²) in [5, 5.41) is 89.9. The SMILES string of the molecule is CN1C(=O)C(C(=O)CCCCCCCCCCCCCCCCCCCCCOC2OC(C(=O)O)[C@H](O[C@@H]3OC(CO)[C@@H](O)C(O)[C@@H]3O)[C@H](O)[C@@H]2O)=C(O)[C@H]1CC(=O)O. The van der Waals surface area contributed by atoms with E-state index in [9.17, 15) is 60.0 Å². The van der Waals surface area contributed by atoms with Crippen LogP contribution >= 0.6 is 0 Å². The Balaban J connectivity index is 1.11. The number of unbranched alkanes of at least 4 members (excludes halogenated alkanes) is 18. The Morgan fingerprint density at radius 1 is 0.644 bits per heavy atom. The first kappa shape index (κ1) is 50.6. The van der Waals surface area contributed by atoms with Gasteiger partial charge in [0, 0.05) is 20.1 Å². The highest BCUT2D eigenvalue weighted by Crippen LogP contribution is 2.31. The molecule has 340 valence electrons. The van der Waals surface area contributed by atoms with E-state index in [1.54, 1.807) is 0 Å². The van der Waals surface area contributed by atoms with Crippen molar-refractivity contribution in [3.63, 3.8) is 0 Å². The molecule has 9 N–H and O–H groups in total. The Bertz CT molecular complexity index is 1330. The molecular formula is C41H69NO17. The van der Waals surface area contributed by atoms with Crippen molar-refractivity contribution < 1.29 is 84.1 Å². The van der Waals surface area contributed by atoms with Crippen LogP contribution in [0.15, 0.2) is 11.3 Å². The average Bonchev–Trinajstić information content (AvgIpc) is 3.41. The zero-order valence-corrected chi connectivity index (χ0v) is 34.4. The molecule has 4 unspecified atom stereocenters. The van der Waals surface area contributed by atoms with Crippen LogP contribution in [0.5, 0.6) is 0 Å². The predicted octanol–water partition coefficient (Wildman–Crippen LogP) is 2.22. The fourth-order valence-corrected chi connectivity index (χ4v) is 7.82. The van der Waals surface area contributed by atoms with E-state index in [0.717, 1.165) is 56.3 Å². The summed E-state index contributed by atoms with van der Waals surface area (Å²) < 4.78 is 21.6. The lowest BCUT2D eigenvalue weighted by Gasteiger charge is -2.45. The highest BCUT2D eigenvalue weighted by molar-refractivity contribution is 6.21. The van der Waals surface area contributed by atoms with Gasteiger partial charge in [0.25, 0.3) is 5.91 Å². The topological polar surface area (TPSA) is 291 Å². The fraction of sp³-hybridized carbons (Fsp3) is 0.854. The summed E-state index contributed by atoms with van der Waals surface area (Å²) in [5.41, 5.74) is -0.265. The smallest absolute Gasteiger partial charge is 0.335 e. The minimum Gasteiger partial charge on any atom is -0.509 e. The van der Waals surface area contributed by atoms with E-state index in [1.807, 2.05) is 0 Å². The summed E-state index contributed by atoms with van der Waals surface area (Å²) in [6.45, 7) is -0.569. The van der Waals surface area contributed by atoms with Crippen molar-refractivity contribution in [3.8, 4) is 0 Å². The van der Waals surface area contributed by atoms with Crippen LogP contribution in [-0.4, -0.2) is 162 Å². The molecule has 0 aromatic carbocycles. The van der Waals surface area contributed by atoms with E-state index in [1.165, 1.54) is 64.8 Å². The normalized spacial score (nSPS) is 30.0. The van der Waals surface area contributed by atoms with Crippen molar-refractivity contribution in [2.45, 2.75) is 202 Å². The molecule has 0 bridgehead atoms. The minimum atomic E-state index is -1.84. The molecule has 3 aliphatic rings. The molecular weight excluding hydrogens is 778 g/mol. The summed E-state index contributed by atoms with van der Waals surface area (Å²) in [5.74, 6) is -4.15. The molecule has 3 heterocycles. The number of aliphatic hydroxyl groups excluding tert-OH is 7. The monoisotopic (exact) mass is 847 g/mol. The number of carbonyl (C=O) groups is 4. The number of ether oxygens (including phenoxy) is 4. The summed E-state index contributed by atoms with van der Waals surface area (Å²) >= 11 is 0. The summed E-state index contributed by atoms with van der Waals surface area (Å²) in [6.07, 6.45) is 3.29. The Hall–Kier alpha value is -2.78. The van der Waals surface area contributed by atoms with Gasteiger partial charge in [-0.3, -0.25) is 14.4 Å². The number of hydrogen-bond acceptors (Lipinski definition) is 15. The Labute approximate surface area is 346 Å². The number of ketones is 1. The van der Waals surface area contributed by atoms with Gasteiger partial charge in [-0.1, -0.05) is 109 Å². The maximum Gasteiger partial charge on any atom is 0.335 e. The molecule has 0 radical (unpaired) electrons. The van der Waals surface area contributed by atoms with Gasteiger partial charge in [0.2, 0.25) is 0 Å². The zero-order valence-electron chi connectivity index (χ0n) is 34.4. The molecule has 3 rings (SSSR count). The molecule has 0 saturated carbocycles. The number of rotatable bonds is 30. The van der Waals surface area contributed by atoms with Gasteiger partial charge in [-0.05, 0) is 12.8 Å². The second-order valence-corrected chi connectivity index (χ2v) is 16.1. The lowest BCUT2D eigenvalue weighted by molar-refractivity contribution is -0.354. The van der Waals surface area contributed by atoms with Gasteiger partial charge in [-0.15, -0.1) is 0 Å². The zero-order chi connectivity index (χ0) is 43.5. The third-order valence-corrected chi connectivity index (χ3v) is 11.5. The van der Waals surface area contributed by atoms with Crippen molar-refractivity contribution >= 4 is 23.6 Å². The lowest BCUT2D eigenvalue weighted by atomic mass is 9.97. The van der Waals surface area contributed by atoms with Crippen molar-refractivity contribution in [3.05, 3.63) is 11.3 Å². The first-order valence-corrected chi connectivity index (χ1v) is 21.5. The predicted molar refractivity (Wildman–Crippen MR) is 209 cm³/mol. The second-order valence-electron chi connectivity index (χ2n) is 16.1. The van der Waals surface area contributed by atoms with E-state index in [-0.39, 0.29) is 18.6 Å². The standard InChI is InChI=1S/C41H69NO17/c1-42-25(23-28(45)46)30(47)29(38(42)53)26(44)21-19-17-15-13-11-9-7-5-3-2-4-6-8-10-12-14-16-18-20-22-56-40-35(52)33(50)36(37(59-40)39(54)55)58-41-34(51)32(49)31(48)27(24-43)57-41/h25,27,31-37,40-41,43,47-52H,2-24H2,1H3,(H,45,46)(H,54,55)/t25-,27?,31-,32?,33-,34+,35+,36-,37?,40?,41+/m1/s1. The van der Waals surface area contributed by atoms with E-state index >= 15 is 0 Å². The summed E-state index contributed by atoms with van der Waals surface area (Å²) in [4.78, 5) is 48.9. The first-order chi connectivity index (χ1) is 28.2. The first-order valence-electron chi connectivity index (χ1n) is 21.5. The van der Waals surface area contributed by atoms with Crippen LogP contribution < -0.4 is 0 Å². The minimum absolute atomic E-state index is 0.164. The van der Waals surface area contributed by atoms with Crippen molar-refractivity contribution in [1.29, 1.82) is 0 Å². The second kappa shape index (κ2) is 26.5. The van der Waals surface area contributed by atoms with Crippen LogP contribution in [0.4, 0.5) is 0 Å². The quantitative estimate of drug-likeness (QED) is 0.0370. The molecule has 0 aliphatic carbocycles. The van der Waals surface area contributed by atoms with Gasteiger partial charge in [-0.2, -0.15) is 0 Å². The van der Waals surface area contributed by atoms with Crippen LogP contribution in [0.25, 0.3) is 0 Å². The number of aliphatic hydroxyl groups is 7. The Morgan fingerprint density at radius 3 is 1.59 bits per heavy atom. The summed E-state index contributed by atoms with van der Waals surface area (Å²) in [7, 11) is 1.39. The number of carboxylic acids is 2. The number of hydrogen-bond donors (Lipinski definition) is 9. The Morgan fingerprint density at radius 2 is 1.12 bits per heavy atom. The molecule has 11 atom stereocenters. The van der Waals surface area contributed by atoms with Crippen LogP contribution in [0.3, 0.4) is 0 Å². The van der Waals surface area contributed by atoms with Crippen LogP contribution in [0.1, 0.15) is 135 Å². The summed E-state index contributed by atoms with van der Waals surface area (Å²) in [6, 6.07) is -0.987. The average molecular weight is 848 g/mol. The molecule has 2 fully saturated rings. The number of likely N-dealkylation sites (N-methyl/N-ethyl adjacent to an activating group) is 1. The molecule has 1 amide bonds. The molecule has 0 aromatic heterocycles. The van der Waals surface area contributed by atoms with Crippen LogP contribution in [-0.2, 0) is 38.1 Å². The largest absolute Gasteiger partial charge is 0.509 e. The number of Topliss-reactive ketones (excluding diaryl/α,β-unsaturated/α-hetero) is 1. The number of nitrogens with zero attached hydrogens (tertiary/aromatic N) is 1. The highest BCUT2D eigenvalue weighted by atomic mass is 16.7. The van der Waals surface area contributed by atoms with Crippen molar-refractivity contribution in [2.75, 3.05) is 20.3 Å². The van der Waals surface area contributed by atoms with Gasteiger partial charge in [-0.25, -0.2) is 4.79 Å². The number of carbonyl (C=O) groups excluding carboxylic acids is 2. The van der Waals surface area contributed by atoms with Crippen molar-refractivity contribution in [1.82, 2.24) is 4.90 Å². The molecule has 18 nitrogen and oxygen atoms in total. The van der Waals surface area contributed by atoms with Crippen LogP contribution in [0, 0.1) is 0 Å². The molecule has 2 saturated heterocycles. The highest BCUT2D eigenvalue weighted by Gasteiger charge is 2.53. The molecule has 3 aliphatic heterocycles. The number of carboxylic acid groups (broad SMARTS) is 2. The third-order valence-electron chi connectivity index (χ3n) is 11.5. The number of amides is 1. The molecule has 59 heavy (non-hydrogen) atoms. The van der Waals surface area contributed by atoms with Gasteiger partial charge < -0.3 is 69.8 Å². The van der Waals surface area contributed by atoms with E-state index < -0.39 is 110 Å². The maximum atomic E-state index is 12.5. The molecule has 0 spiro atoms. The van der Waals surface area contributed by atoms with E-state index in [4.69, 9.17) is 24.1 Å². The van der Waals surface area contributed by atoms with Crippen molar-refractivity contribution in [2.24, 2.45) is 0 Å². The Kier molecular flexibility index (Phi) is 22.7. The van der Waals surface area contributed by atoms with Gasteiger partial charge >= 0.3 is 11.9 Å². The third kappa shape index (κ3) is 15.6. The van der Waals surface area contributed by atoms with E-state index in [2.05, 4.69) is 0 Å². The van der Waals surface area contributed by atoms with Crippen LogP contribution in [0.2, 0.25) is 0 Å². The van der Waals surface area contributed by atoms with Gasteiger partial charge in [0.1, 0.15) is 60.1 Å². The van der Waals surface area contributed by atoms with Gasteiger partial charge in [0.15, 0.2) is 24.5 Å². The van der Waals surface area contributed by atoms with Gasteiger partial charge in [0.05, 0.1) is 13.0 Å². The maximum absolute atomic E-state index is 12.5. The number of aliphatic carboxylic acids is 2. The van der Waals surface area contributed by atoms with E-state index in [0.29, 0.717) is 12.8 Å². The molecule has 0 aromatic rings. The molecule has 18 heteroatoms. The fourth-order valence-electron chi connectivity index (χ4n) is 7.82. The lowest BCUT2D eigenvalue weighted by Crippen LogP contribution is -2.65.